The van der Waals surface area contributed by atoms with Gasteiger partial charge in [0.15, 0.2) is 0 Å². The minimum atomic E-state index is -3.53. The molecule has 0 aliphatic heterocycles. The molecular formula is C8H11N3O2S2. The molecule has 5 nitrogen and oxygen atoms in total. The summed E-state index contributed by atoms with van der Waals surface area (Å²) in [5.41, 5.74) is 5.28. The number of rotatable bonds is 4. The molecular weight excluding hydrogens is 234 g/mol. The van der Waals surface area contributed by atoms with E-state index in [9.17, 15) is 8.42 Å². The van der Waals surface area contributed by atoms with E-state index in [0.29, 0.717) is 0 Å². The molecule has 7 heteroatoms. The Labute approximate surface area is 94.0 Å². The van der Waals surface area contributed by atoms with Crippen molar-refractivity contribution in [2.75, 3.05) is 13.6 Å². The van der Waals surface area contributed by atoms with Crippen LogP contribution < -0.4 is 5.73 Å². The molecule has 0 saturated heterocycles. The molecule has 1 aromatic rings. The third-order valence-electron chi connectivity index (χ3n) is 1.72. The van der Waals surface area contributed by atoms with Crippen LogP contribution in [0.15, 0.2) is 29.4 Å². The summed E-state index contributed by atoms with van der Waals surface area (Å²) in [6, 6.07) is 3.03. The Morgan fingerprint density at radius 1 is 1.67 bits per heavy atom. The van der Waals surface area contributed by atoms with Crippen LogP contribution in [0.2, 0.25) is 0 Å². The fraction of sp³-hybridized carbons (Fsp3) is 0.250. The van der Waals surface area contributed by atoms with Crippen molar-refractivity contribution in [1.29, 1.82) is 0 Å². The predicted molar refractivity (Wildman–Crippen MR) is 60.8 cm³/mol. The highest BCUT2D eigenvalue weighted by molar-refractivity contribution is 7.89. The van der Waals surface area contributed by atoms with E-state index in [-0.39, 0.29) is 16.4 Å². The lowest BCUT2D eigenvalue weighted by molar-refractivity contribution is 0.506. The summed E-state index contributed by atoms with van der Waals surface area (Å²) in [5.74, 6) is 0. The van der Waals surface area contributed by atoms with Gasteiger partial charge in [0.1, 0.15) is 4.90 Å². The standard InChI is InChI=1S/C8H11N3O2S2/c1-11(6-8(9)14)15(12,13)7-3-2-4-10-5-7/h2-5H,6H2,1H3,(H2,9,14). The minimum Gasteiger partial charge on any atom is -0.392 e. The number of pyridine rings is 1. The minimum absolute atomic E-state index is 0.0204. The molecule has 2 N–H and O–H groups in total. The van der Waals surface area contributed by atoms with Crippen LogP contribution in [0, 0.1) is 0 Å². The topological polar surface area (TPSA) is 76.3 Å². The highest BCUT2D eigenvalue weighted by atomic mass is 32.2. The molecule has 15 heavy (non-hydrogen) atoms. The van der Waals surface area contributed by atoms with Crippen molar-refractivity contribution in [2.24, 2.45) is 5.73 Å². The third-order valence-corrected chi connectivity index (χ3v) is 3.64. The number of likely N-dealkylation sites (N-methyl/N-ethyl adjacent to an activating group) is 1. The molecule has 0 fully saturated rings. The van der Waals surface area contributed by atoms with Crippen LogP contribution in [0.5, 0.6) is 0 Å². The van der Waals surface area contributed by atoms with E-state index in [1.807, 2.05) is 0 Å². The molecule has 0 atom stereocenters. The Hall–Kier alpha value is -1.05. The van der Waals surface area contributed by atoms with Crippen molar-refractivity contribution in [3.05, 3.63) is 24.5 Å². The summed E-state index contributed by atoms with van der Waals surface area (Å²) >= 11 is 4.65. The second-order valence-electron chi connectivity index (χ2n) is 2.92. The SMILES string of the molecule is CN(CC(N)=S)S(=O)(=O)c1cccnc1. The zero-order valence-corrected chi connectivity index (χ0v) is 9.75. The number of aromatic nitrogens is 1. The van der Waals surface area contributed by atoms with Crippen LogP contribution in [-0.4, -0.2) is 36.3 Å². The van der Waals surface area contributed by atoms with Gasteiger partial charge in [-0.15, -0.1) is 0 Å². The fourth-order valence-corrected chi connectivity index (χ4v) is 2.37. The average Bonchev–Trinajstić information content (AvgIpc) is 2.18. The number of sulfonamides is 1. The van der Waals surface area contributed by atoms with E-state index in [1.54, 1.807) is 6.07 Å². The van der Waals surface area contributed by atoms with Crippen LogP contribution in [0.3, 0.4) is 0 Å². The van der Waals surface area contributed by atoms with Crippen LogP contribution in [0.4, 0.5) is 0 Å². The van der Waals surface area contributed by atoms with E-state index in [1.165, 1.54) is 25.5 Å². The molecule has 0 unspecified atom stereocenters. The van der Waals surface area contributed by atoms with Crippen LogP contribution in [-0.2, 0) is 10.0 Å². The first kappa shape index (κ1) is 12.0. The van der Waals surface area contributed by atoms with Crippen LogP contribution in [0.1, 0.15) is 0 Å². The predicted octanol–water partition coefficient (Wildman–Crippen LogP) is -0.0118. The first-order chi connectivity index (χ1) is 6.94. The first-order valence-corrected chi connectivity index (χ1v) is 5.94. The molecule has 1 rings (SSSR count). The smallest absolute Gasteiger partial charge is 0.244 e. The lowest BCUT2D eigenvalue weighted by Crippen LogP contribution is -2.34. The molecule has 0 spiro atoms. The van der Waals surface area contributed by atoms with Gasteiger partial charge in [-0.25, -0.2) is 8.42 Å². The molecule has 0 aliphatic carbocycles. The Kier molecular flexibility index (Phi) is 3.72. The molecule has 0 radical (unpaired) electrons. The highest BCUT2D eigenvalue weighted by Crippen LogP contribution is 2.11. The molecule has 0 aromatic carbocycles. The number of nitrogens with two attached hydrogens (primary N) is 1. The van der Waals surface area contributed by atoms with E-state index in [0.717, 1.165) is 4.31 Å². The maximum Gasteiger partial charge on any atom is 0.244 e. The van der Waals surface area contributed by atoms with Gasteiger partial charge in [0.25, 0.3) is 0 Å². The summed E-state index contributed by atoms with van der Waals surface area (Å²) in [4.78, 5) is 4.00. The summed E-state index contributed by atoms with van der Waals surface area (Å²) in [6.07, 6.45) is 2.79. The van der Waals surface area contributed by atoms with E-state index >= 15 is 0 Å². The van der Waals surface area contributed by atoms with Crippen molar-refractivity contribution in [3.8, 4) is 0 Å². The summed E-state index contributed by atoms with van der Waals surface area (Å²) < 4.78 is 24.8. The maximum absolute atomic E-state index is 11.8. The normalized spacial score (nSPS) is 11.6. The van der Waals surface area contributed by atoms with Crippen LogP contribution in [0.25, 0.3) is 0 Å². The third kappa shape index (κ3) is 2.95. The second-order valence-corrected chi connectivity index (χ2v) is 5.49. The van der Waals surface area contributed by atoms with Crippen molar-refractivity contribution in [1.82, 2.24) is 9.29 Å². The van der Waals surface area contributed by atoms with Gasteiger partial charge in [0, 0.05) is 19.4 Å². The van der Waals surface area contributed by atoms with Gasteiger partial charge in [-0.05, 0) is 12.1 Å². The van der Waals surface area contributed by atoms with Gasteiger partial charge in [-0.1, -0.05) is 12.2 Å². The largest absolute Gasteiger partial charge is 0.392 e. The highest BCUT2D eigenvalue weighted by Gasteiger charge is 2.20. The molecule has 0 amide bonds. The number of nitrogens with zero attached hydrogens (tertiary/aromatic N) is 2. The van der Waals surface area contributed by atoms with Crippen molar-refractivity contribution >= 4 is 27.2 Å². The molecule has 0 bridgehead atoms. The van der Waals surface area contributed by atoms with Crippen molar-refractivity contribution < 1.29 is 8.42 Å². The van der Waals surface area contributed by atoms with Crippen molar-refractivity contribution in [2.45, 2.75) is 4.90 Å². The van der Waals surface area contributed by atoms with Gasteiger partial charge in [-0.2, -0.15) is 4.31 Å². The summed E-state index contributed by atoms with van der Waals surface area (Å²) in [7, 11) is -2.11. The summed E-state index contributed by atoms with van der Waals surface area (Å²) in [6.45, 7) is 0.0204. The monoisotopic (exact) mass is 245 g/mol. The van der Waals surface area contributed by atoms with Crippen LogP contribution >= 0.6 is 12.2 Å². The van der Waals surface area contributed by atoms with Crippen molar-refractivity contribution in [3.63, 3.8) is 0 Å². The quantitative estimate of drug-likeness (QED) is 0.755. The van der Waals surface area contributed by atoms with Gasteiger partial charge in [0.2, 0.25) is 10.0 Å². The summed E-state index contributed by atoms with van der Waals surface area (Å²) in [5, 5.41) is 0. The Morgan fingerprint density at radius 3 is 2.80 bits per heavy atom. The van der Waals surface area contributed by atoms with Gasteiger partial charge in [0.05, 0.1) is 11.5 Å². The average molecular weight is 245 g/mol. The van der Waals surface area contributed by atoms with E-state index in [2.05, 4.69) is 17.2 Å². The lowest BCUT2D eigenvalue weighted by Gasteiger charge is -2.15. The Bertz CT molecular complexity index is 444. The Morgan fingerprint density at radius 2 is 2.33 bits per heavy atom. The second kappa shape index (κ2) is 4.65. The number of thiocarbonyl (C=S) groups is 1. The first-order valence-electron chi connectivity index (χ1n) is 4.09. The van der Waals surface area contributed by atoms with Gasteiger partial charge < -0.3 is 5.73 Å². The van der Waals surface area contributed by atoms with Gasteiger partial charge >= 0.3 is 0 Å². The number of hydrogen-bond acceptors (Lipinski definition) is 4. The van der Waals surface area contributed by atoms with E-state index in [4.69, 9.17) is 5.73 Å². The Balaban J connectivity index is 2.99. The van der Waals surface area contributed by atoms with E-state index < -0.39 is 10.0 Å². The maximum atomic E-state index is 11.8. The fourth-order valence-electron chi connectivity index (χ4n) is 0.984. The zero-order valence-electron chi connectivity index (χ0n) is 8.12. The number of hydrogen-bond donors (Lipinski definition) is 1. The lowest BCUT2D eigenvalue weighted by atomic mass is 10.5. The molecule has 0 aliphatic rings. The zero-order chi connectivity index (χ0) is 11.5. The molecule has 1 aromatic heterocycles. The molecule has 0 saturated carbocycles. The van der Waals surface area contributed by atoms with Gasteiger partial charge in [-0.3, -0.25) is 4.98 Å². The molecule has 82 valence electrons. The molecule has 1 heterocycles.